The Balaban J connectivity index is 2.15. The van der Waals surface area contributed by atoms with Crippen LogP contribution < -0.4 is 5.73 Å². The molecule has 1 aromatic carbocycles. The topological polar surface area (TPSA) is 83.6 Å². The molecule has 0 radical (unpaired) electrons. The van der Waals surface area contributed by atoms with Gasteiger partial charge in [0.2, 0.25) is 10.0 Å². The standard InChI is InChI=1S/C14H22N2O3S/c15-13-5-3-4-12(10-13)11-20(18,19)16-8-2-1-6-14(16)7-9-17/h3-5,10,14,17H,1-2,6-9,11,15H2. The zero-order valence-corrected chi connectivity index (χ0v) is 12.3. The summed E-state index contributed by atoms with van der Waals surface area (Å²) in [4.78, 5) is 0. The summed E-state index contributed by atoms with van der Waals surface area (Å²) < 4.78 is 26.7. The number of hydrogen-bond donors (Lipinski definition) is 2. The first kappa shape index (κ1) is 15.3. The van der Waals surface area contributed by atoms with Gasteiger partial charge in [0, 0.05) is 24.9 Å². The highest BCUT2D eigenvalue weighted by molar-refractivity contribution is 7.88. The van der Waals surface area contributed by atoms with E-state index in [0.717, 1.165) is 19.3 Å². The fourth-order valence-electron chi connectivity index (χ4n) is 2.75. The molecule has 1 atom stereocenters. The molecule has 20 heavy (non-hydrogen) atoms. The molecule has 0 saturated carbocycles. The maximum atomic E-state index is 12.6. The first-order valence-electron chi connectivity index (χ1n) is 6.98. The highest BCUT2D eigenvalue weighted by Gasteiger charge is 2.31. The van der Waals surface area contributed by atoms with E-state index in [2.05, 4.69) is 0 Å². The van der Waals surface area contributed by atoms with E-state index in [-0.39, 0.29) is 18.4 Å². The van der Waals surface area contributed by atoms with Crippen molar-refractivity contribution in [1.29, 1.82) is 0 Å². The lowest BCUT2D eigenvalue weighted by Gasteiger charge is -2.34. The molecule has 1 fully saturated rings. The molecule has 0 bridgehead atoms. The lowest BCUT2D eigenvalue weighted by molar-refractivity contribution is 0.192. The Morgan fingerprint density at radius 2 is 2.15 bits per heavy atom. The van der Waals surface area contributed by atoms with Crippen molar-refractivity contribution < 1.29 is 13.5 Å². The minimum atomic E-state index is -3.36. The minimum Gasteiger partial charge on any atom is -0.399 e. The van der Waals surface area contributed by atoms with Crippen molar-refractivity contribution in [3.05, 3.63) is 29.8 Å². The van der Waals surface area contributed by atoms with Gasteiger partial charge < -0.3 is 10.8 Å². The van der Waals surface area contributed by atoms with Gasteiger partial charge in [-0.2, -0.15) is 4.31 Å². The predicted molar refractivity (Wildman–Crippen MR) is 79.5 cm³/mol. The van der Waals surface area contributed by atoms with Crippen LogP contribution in [0.4, 0.5) is 5.69 Å². The smallest absolute Gasteiger partial charge is 0.218 e. The molecule has 5 nitrogen and oxygen atoms in total. The second-order valence-corrected chi connectivity index (χ2v) is 7.20. The summed E-state index contributed by atoms with van der Waals surface area (Å²) in [5, 5.41) is 9.09. The van der Waals surface area contributed by atoms with Crippen molar-refractivity contribution in [2.75, 3.05) is 18.9 Å². The molecule has 2 rings (SSSR count). The maximum absolute atomic E-state index is 12.6. The lowest BCUT2D eigenvalue weighted by atomic mass is 10.0. The van der Waals surface area contributed by atoms with Gasteiger partial charge in [-0.1, -0.05) is 18.6 Å². The van der Waals surface area contributed by atoms with E-state index in [1.54, 1.807) is 28.6 Å². The number of aliphatic hydroxyl groups excluding tert-OH is 1. The molecular formula is C14H22N2O3S. The average molecular weight is 298 g/mol. The quantitative estimate of drug-likeness (QED) is 0.803. The SMILES string of the molecule is Nc1cccc(CS(=O)(=O)N2CCCCC2CCO)c1. The van der Waals surface area contributed by atoms with Crippen LogP contribution in [0.25, 0.3) is 0 Å². The van der Waals surface area contributed by atoms with E-state index in [0.29, 0.717) is 24.2 Å². The first-order valence-corrected chi connectivity index (χ1v) is 8.58. The average Bonchev–Trinajstić information content (AvgIpc) is 2.39. The van der Waals surface area contributed by atoms with Gasteiger partial charge in [-0.15, -0.1) is 0 Å². The third-order valence-electron chi connectivity index (χ3n) is 3.69. The number of aliphatic hydroxyl groups is 1. The Labute approximate surface area is 120 Å². The zero-order valence-electron chi connectivity index (χ0n) is 11.5. The zero-order chi connectivity index (χ0) is 14.6. The van der Waals surface area contributed by atoms with E-state index < -0.39 is 10.0 Å². The highest BCUT2D eigenvalue weighted by atomic mass is 32.2. The van der Waals surface area contributed by atoms with Gasteiger partial charge in [-0.25, -0.2) is 8.42 Å². The van der Waals surface area contributed by atoms with Crippen LogP contribution in [0.2, 0.25) is 0 Å². The molecule has 6 heteroatoms. The molecule has 112 valence electrons. The number of hydrogen-bond acceptors (Lipinski definition) is 4. The number of nitrogens with two attached hydrogens (primary N) is 1. The number of sulfonamides is 1. The van der Waals surface area contributed by atoms with Crippen LogP contribution >= 0.6 is 0 Å². The number of anilines is 1. The molecular weight excluding hydrogens is 276 g/mol. The van der Waals surface area contributed by atoms with Gasteiger partial charge in [0.05, 0.1) is 5.75 Å². The van der Waals surface area contributed by atoms with Crippen LogP contribution in [0.3, 0.4) is 0 Å². The monoisotopic (exact) mass is 298 g/mol. The van der Waals surface area contributed by atoms with E-state index in [1.807, 2.05) is 0 Å². The Bertz CT molecular complexity index is 543. The Morgan fingerprint density at radius 1 is 1.35 bits per heavy atom. The van der Waals surface area contributed by atoms with Crippen molar-refractivity contribution in [3.8, 4) is 0 Å². The lowest BCUT2D eigenvalue weighted by Crippen LogP contribution is -2.44. The molecule has 1 aromatic rings. The molecule has 0 aromatic heterocycles. The third-order valence-corrected chi connectivity index (χ3v) is 5.59. The molecule has 0 aliphatic carbocycles. The van der Waals surface area contributed by atoms with Crippen LogP contribution in [0.5, 0.6) is 0 Å². The first-order chi connectivity index (χ1) is 9.53. The maximum Gasteiger partial charge on any atom is 0.218 e. The van der Waals surface area contributed by atoms with Crippen molar-refractivity contribution in [3.63, 3.8) is 0 Å². The van der Waals surface area contributed by atoms with Gasteiger partial charge in [0.15, 0.2) is 0 Å². The number of rotatable bonds is 5. The second-order valence-electron chi connectivity index (χ2n) is 5.27. The number of benzene rings is 1. The Morgan fingerprint density at radius 3 is 2.85 bits per heavy atom. The van der Waals surface area contributed by atoms with Crippen molar-refractivity contribution in [1.82, 2.24) is 4.31 Å². The number of nitrogen functional groups attached to an aromatic ring is 1. The summed E-state index contributed by atoms with van der Waals surface area (Å²) in [6.45, 7) is 0.574. The van der Waals surface area contributed by atoms with Gasteiger partial charge in [0.1, 0.15) is 0 Å². The Kier molecular flexibility index (Phi) is 5.01. The van der Waals surface area contributed by atoms with Crippen molar-refractivity contribution in [2.24, 2.45) is 0 Å². The summed E-state index contributed by atoms with van der Waals surface area (Å²) in [6, 6.07) is 6.91. The largest absolute Gasteiger partial charge is 0.399 e. The fourth-order valence-corrected chi connectivity index (χ4v) is 4.59. The Hall–Kier alpha value is -1.11. The van der Waals surface area contributed by atoms with Crippen LogP contribution in [0.1, 0.15) is 31.2 Å². The molecule has 0 amide bonds. The van der Waals surface area contributed by atoms with E-state index in [4.69, 9.17) is 10.8 Å². The van der Waals surface area contributed by atoms with Crippen LogP contribution in [0, 0.1) is 0 Å². The van der Waals surface area contributed by atoms with Gasteiger partial charge in [-0.3, -0.25) is 0 Å². The van der Waals surface area contributed by atoms with Gasteiger partial charge >= 0.3 is 0 Å². The predicted octanol–water partition coefficient (Wildman–Crippen LogP) is 1.34. The summed E-state index contributed by atoms with van der Waals surface area (Å²) in [5.74, 6) is -0.0278. The van der Waals surface area contributed by atoms with Crippen LogP contribution in [-0.4, -0.2) is 37.0 Å². The molecule has 1 unspecified atom stereocenters. The molecule has 0 spiro atoms. The molecule has 1 aliphatic heterocycles. The minimum absolute atomic E-state index is 0.0228. The van der Waals surface area contributed by atoms with Crippen LogP contribution in [-0.2, 0) is 15.8 Å². The van der Waals surface area contributed by atoms with Gasteiger partial charge in [0.25, 0.3) is 0 Å². The highest BCUT2D eigenvalue weighted by Crippen LogP contribution is 2.25. The molecule has 1 aliphatic rings. The number of nitrogens with zero attached hydrogens (tertiary/aromatic N) is 1. The summed E-state index contributed by atoms with van der Waals surface area (Å²) in [7, 11) is -3.36. The number of piperidine rings is 1. The van der Waals surface area contributed by atoms with Gasteiger partial charge in [-0.05, 0) is 37.0 Å². The van der Waals surface area contributed by atoms with E-state index in [9.17, 15) is 8.42 Å². The van der Waals surface area contributed by atoms with Crippen LogP contribution in [0.15, 0.2) is 24.3 Å². The van der Waals surface area contributed by atoms with E-state index >= 15 is 0 Å². The summed E-state index contributed by atoms with van der Waals surface area (Å²) in [5.41, 5.74) is 6.97. The fraction of sp³-hybridized carbons (Fsp3) is 0.571. The van der Waals surface area contributed by atoms with E-state index in [1.165, 1.54) is 0 Å². The molecule has 1 saturated heterocycles. The summed E-state index contributed by atoms with van der Waals surface area (Å²) >= 11 is 0. The second kappa shape index (κ2) is 6.56. The normalized spacial score (nSPS) is 20.9. The molecule has 1 heterocycles. The molecule has 3 N–H and O–H groups in total. The van der Waals surface area contributed by atoms with Crippen molar-refractivity contribution in [2.45, 2.75) is 37.5 Å². The summed E-state index contributed by atoms with van der Waals surface area (Å²) in [6.07, 6.45) is 3.25. The third kappa shape index (κ3) is 3.71. The van der Waals surface area contributed by atoms with Crippen molar-refractivity contribution >= 4 is 15.7 Å².